The van der Waals surface area contributed by atoms with Gasteiger partial charge in [0.1, 0.15) is 24.0 Å². The predicted octanol–water partition coefficient (Wildman–Crippen LogP) is 4.03. The van der Waals surface area contributed by atoms with Crippen molar-refractivity contribution in [2.45, 2.75) is 25.7 Å². The van der Waals surface area contributed by atoms with Gasteiger partial charge in [-0.15, -0.1) is 0 Å². The Morgan fingerprint density at radius 2 is 1.81 bits per heavy atom. The first-order valence-corrected chi connectivity index (χ1v) is 12.6. The van der Waals surface area contributed by atoms with E-state index in [-0.39, 0.29) is 0 Å². The maximum atomic E-state index is 5.75. The molecule has 1 aromatic carbocycles. The lowest BCUT2D eigenvalue weighted by Crippen LogP contribution is -2.21. The molecule has 27 heavy (non-hydrogen) atoms. The molecule has 1 heterocycles. The van der Waals surface area contributed by atoms with Crippen molar-refractivity contribution in [1.82, 2.24) is 4.98 Å². The largest absolute Gasteiger partial charge is 0.456 e. The van der Waals surface area contributed by atoms with Crippen molar-refractivity contribution < 1.29 is 9.47 Å². The molecule has 0 amide bonds. The number of benzene rings is 1. The van der Waals surface area contributed by atoms with E-state index >= 15 is 0 Å². The third-order valence-corrected chi connectivity index (χ3v) is 5.43. The van der Waals surface area contributed by atoms with Crippen LogP contribution in [0.4, 0.5) is 5.82 Å². The van der Waals surface area contributed by atoms with Gasteiger partial charge in [-0.05, 0) is 54.7 Å². The summed E-state index contributed by atoms with van der Waals surface area (Å²) < 4.78 is 11.4. The second kappa shape index (κ2) is 9.89. The predicted molar refractivity (Wildman–Crippen MR) is 114 cm³/mol. The van der Waals surface area contributed by atoms with Crippen molar-refractivity contribution in [3.8, 4) is 11.5 Å². The van der Waals surface area contributed by atoms with E-state index in [4.69, 9.17) is 20.9 Å². The quantitative estimate of drug-likeness (QED) is 0.386. The first kappa shape index (κ1) is 20.7. The van der Waals surface area contributed by atoms with Gasteiger partial charge < -0.3 is 20.9 Å². The standard InChI is InChI=1S/C20H28N4O2Si/c1-27(2,3)13-12-25-15-24-19(10-11-21)16-4-6-17(7-5-16)26-18-8-9-20(22)23-14-18/h4-11,14H,12-13,15,21H2,1-3H3,(H2,22,23)/b11-10-,24-19-. The molecule has 144 valence electrons. The number of nitrogens with two attached hydrogens (primary N) is 2. The number of aromatic nitrogens is 1. The molecule has 0 aliphatic rings. The first-order chi connectivity index (χ1) is 12.9. The summed E-state index contributed by atoms with van der Waals surface area (Å²) in [7, 11) is -1.09. The molecule has 0 aliphatic heterocycles. The molecule has 7 heteroatoms. The minimum absolute atomic E-state index is 0.319. The van der Waals surface area contributed by atoms with Crippen LogP contribution in [0.3, 0.4) is 0 Å². The van der Waals surface area contributed by atoms with Crippen molar-refractivity contribution in [2.24, 2.45) is 10.7 Å². The number of allylic oxidation sites excluding steroid dienone is 1. The SMILES string of the molecule is C[Si](C)(C)CCOC/N=C(/C=C\N)c1ccc(Oc2ccc(N)nc2)cc1. The van der Waals surface area contributed by atoms with Crippen LogP contribution in [-0.4, -0.2) is 32.1 Å². The number of ether oxygens (including phenoxy) is 2. The van der Waals surface area contributed by atoms with Crippen molar-refractivity contribution in [1.29, 1.82) is 0 Å². The Bertz CT molecular complexity index is 766. The minimum atomic E-state index is -1.09. The Kier molecular flexibility index (Phi) is 7.57. The van der Waals surface area contributed by atoms with Crippen LogP contribution in [0.25, 0.3) is 0 Å². The Balaban J connectivity index is 1.98. The van der Waals surface area contributed by atoms with Crippen LogP contribution in [0.5, 0.6) is 11.5 Å². The summed E-state index contributed by atoms with van der Waals surface area (Å²) in [6, 6.07) is 12.2. The van der Waals surface area contributed by atoms with Gasteiger partial charge in [-0.1, -0.05) is 19.6 Å². The van der Waals surface area contributed by atoms with Crippen LogP contribution >= 0.6 is 0 Å². The normalized spacial score (nSPS) is 12.5. The number of rotatable bonds is 9. The highest BCUT2D eigenvalue weighted by molar-refractivity contribution is 6.76. The van der Waals surface area contributed by atoms with E-state index in [2.05, 4.69) is 29.6 Å². The van der Waals surface area contributed by atoms with E-state index in [1.54, 1.807) is 24.4 Å². The monoisotopic (exact) mass is 384 g/mol. The molecule has 6 nitrogen and oxygen atoms in total. The molecule has 1 aromatic heterocycles. The average Bonchev–Trinajstić information content (AvgIpc) is 2.62. The lowest BCUT2D eigenvalue weighted by Gasteiger charge is -2.14. The highest BCUT2D eigenvalue weighted by Crippen LogP contribution is 2.21. The Hall–Kier alpha value is -2.64. The number of anilines is 1. The zero-order valence-corrected chi connectivity index (χ0v) is 17.2. The van der Waals surface area contributed by atoms with Gasteiger partial charge in [-0.25, -0.2) is 4.98 Å². The maximum absolute atomic E-state index is 5.75. The highest BCUT2D eigenvalue weighted by atomic mass is 28.3. The van der Waals surface area contributed by atoms with Gasteiger partial charge in [0.25, 0.3) is 0 Å². The summed E-state index contributed by atoms with van der Waals surface area (Å²) in [6.45, 7) is 8.03. The van der Waals surface area contributed by atoms with Gasteiger partial charge in [0, 0.05) is 20.2 Å². The summed E-state index contributed by atoms with van der Waals surface area (Å²) in [5.41, 5.74) is 12.8. The summed E-state index contributed by atoms with van der Waals surface area (Å²) in [4.78, 5) is 8.51. The lowest BCUT2D eigenvalue weighted by molar-refractivity contribution is 0.155. The number of nitrogen functional groups attached to an aromatic ring is 1. The fraction of sp³-hybridized carbons (Fsp3) is 0.300. The number of nitrogens with zero attached hydrogens (tertiary/aromatic N) is 2. The van der Waals surface area contributed by atoms with Crippen molar-refractivity contribution >= 4 is 19.6 Å². The molecule has 4 N–H and O–H groups in total. The zero-order valence-electron chi connectivity index (χ0n) is 16.2. The fourth-order valence-corrected chi connectivity index (χ4v) is 2.93. The van der Waals surface area contributed by atoms with Crippen LogP contribution in [0.1, 0.15) is 5.56 Å². The molecule has 0 saturated heterocycles. The maximum Gasteiger partial charge on any atom is 0.145 e. The second-order valence-corrected chi connectivity index (χ2v) is 12.9. The van der Waals surface area contributed by atoms with E-state index in [1.807, 2.05) is 24.3 Å². The molecule has 0 saturated carbocycles. The van der Waals surface area contributed by atoms with Gasteiger partial charge in [0.15, 0.2) is 0 Å². The van der Waals surface area contributed by atoms with Gasteiger partial charge >= 0.3 is 0 Å². The third kappa shape index (κ3) is 7.63. The summed E-state index contributed by atoms with van der Waals surface area (Å²) in [5.74, 6) is 1.79. The van der Waals surface area contributed by atoms with Gasteiger partial charge in [-0.2, -0.15) is 0 Å². The van der Waals surface area contributed by atoms with Gasteiger partial charge in [0.05, 0.1) is 11.9 Å². The lowest BCUT2D eigenvalue weighted by atomic mass is 10.1. The van der Waals surface area contributed by atoms with E-state index in [0.717, 1.165) is 23.9 Å². The van der Waals surface area contributed by atoms with Gasteiger partial charge in [-0.3, -0.25) is 4.99 Å². The van der Waals surface area contributed by atoms with Crippen LogP contribution in [0.15, 0.2) is 59.9 Å². The van der Waals surface area contributed by atoms with Crippen LogP contribution < -0.4 is 16.2 Å². The Morgan fingerprint density at radius 3 is 2.41 bits per heavy atom. The first-order valence-electron chi connectivity index (χ1n) is 8.88. The molecule has 0 atom stereocenters. The third-order valence-electron chi connectivity index (χ3n) is 3.72. The summed E-state index contributed by atoms with van der Waals surface area (Å²) in [6.07, 6.45) is 4.83. The average molecular weight is 385 g/mol. The molecule has 2 rings (SSSR count). The van der Waals surface area contributed by atoms with E-state index in [9.17, 15) is 0 Å². The molecule has 0 bridgehead atoms. The Labute approximate surface area is 161 Å². The minimum Gasteiger partial charge on any atom is -0.456 e. The second-order valence-electron chi connectivity index (χ2n) is 7.30. The van der Waals surface area contributed by atoms with Gasteiger partial charge in [0.2, 0.25) is 0 Å². The topological polar surface area (TPSA) is 95.8 Å². The van der Waals surface area contributed by atoms with Crippen LogP contribution in [-0.2, 0) is 4.74 Å². The summed E-state index contributed by atoms with van der Waals surface area (Å²) >= 11 is 0. The molecular weight excluding hydrogens is 356 g/mol. The molecule has 0 spiro atoms. The highest BCUT2D eigenvalue weighted by Gasteiger charge is 2.11. The molecule has 0 aliphatic carbocycles. The number of hydrogen-bond donors (Lipinski definition) is 2. The molecule has 0 radical (unpaired) electrons. The number of pyridine rings is 1. The van der Waals surface area contributed by atoms with E-state index in [1.165, 1.54) is 6.20 Å². The number of aliphatic imine (C=N–C) groups is 1. The van der Waals surface area contributed by atoms with E-state index in [0.29, 0.717) is 24.0 Å². The van der Waals surface area contributed by atoms with Crippen LogP contribution in [0.2, 0.25) is 25.7 Å². The molecule has 0 fully saturated rings. The van der Waals surface area contributed by atoms with Crippen molar-refractivity contribution in [3.63, 3.8) is 0 Å². The molecular formula is C20H28N4O2Si. The van der Waals surface area contributed by atoms with Crippen molar-refractivity contribution in [3.05, 3.63) is 60.4 Å². The smallest absolute Gasteiger partial charge is 0.145 e. The van der Waals surface area contributed by atoms with E-state index < -0.39 is 8.07 Å². The zero-order chi connectivity index (χ0) is 19.7. The molecule has 0 unspecified atom stereocenters. The Morgan fingerprint density at radius 1 is 1.11 bits per heavy atom. The summed E-state index contributed by atoms with van der Waals surface area (Å²) in [5, 5.41) is 0. The fourth-order valence-electron chi connectivity index (χ4n) is 2.17. The van der Waals surface area contributed by atoms with Crippen LogP contribution in [0, 0.1) is 0 Å². The molecule has 2 aromatic rings. The van der Waals surface area contributed by atoms with Crippen molar-refractivity contribution in [2.75, 3.05) is 19.1 Å². The number of hydrogen-bond acceptors (Lipinski definition) is 6.